The number of para-hydroxylation sites is 1. The molecule has 1 amide bonds. The van der Waals surface area contributed by atoms with Crippen LogP contribution in [0.15, 0.2) is 24.3 Å². The van der Waals surface area contributed by atoms with E-state index in [0.717, 1.165) is 5.56 Å². The van der Waals surface area contributed by atoms with E-state index in [4.69, 9.17) is 5.73 Å². The Labute approximate surface area is 134 Å². The van der Waals surface area contributed by atoms with Crippen LogP contribution in [0.5, 0.6) is 0 Å². The Morgan fingerprint density at radius 3 is 2.64 bits per heavy atom. The molecule has 1 saturated heterocycles. The van der Waals surface area contributed by atoms with Gasteiger partial charge in [-0.15, -0.1) is 12.4 Å². The Morgan fingerprint density at radius 2 is 2.00 bits per heavy atom. The smallest absolute Gasteiger partial charge is 0.393 e. The highest BCUT2D eigenvalue weighted by atomic mass is 35.5. The van der Waals surface area contributed by atoms with Crippen LogP contribution in [0.4, 0.5) is 18.9 Å². The molecule has 1 unspecified atom stereocenters. The Balaban J connectivity index is 0.00000242. The number of aryl methyl sites for hydroxylation is 1. The van der Waals surface area contributed by atoms with Gasteiger partial charge in [-0.1, -0.05) is 18.2 Å². The van der Waals surface area contributed by atoms with Crippen molar-refractivity contribution in [2.24, 2.45) is 5.92 Å². The molecule has 1 fully saturated rings. The van der Waals surface area contributed by atoms with Crippen molar-refractivity contribution in [3.63, 3.8) is 0 Å². The number of nitrogens with two attached hydrogens (primary N) is 1. The summed E-state index contributed by atoms with van der Waals surface area (Å²) in [7, 11) is 0. The number of anilines is 1. The summed E-state index contributed by atoms with van der Waals surface area (Å²) in [6.07, 6.45) is -3.05. The number of amides is 1. The molecule has 3 nitrogen and oxygen atoms in total. The van der Waals surface area contributed by atoms with Crippen LogP contribution in [0, 0.1) is 5.92 Å². The summed E-state index contributed by atoms with van der Waals surface area (Å²) in [5.41, 5.74) is 7.26. The number of rotatable bonds is 3. The average Bonchev–Trinajstić information content (AvgIpc) is 2.45. The summed E-state index contributed by atoms with van der Waals surface area (Å²) in [6, 6.07) is 7.22. The number of benzene rings is 1. The third-order valence-corrected chi connectivity index (χ3v) is 3.90. The van der Waals surface area contributed by atoms with Gasteiger partial charge in [0, 0.05) is 25.2 Å². The number of hydrogen-bond donors (Lipinski definition) is 1. The molecule has 0 aliphatic carbocycles. The van der Waals surface area contributed by atoms with Crippen LogP contribution in [0.1, 0.15) is 24.8 Å². The van der Waals surface area contributed by atoms with E-state index in [0.29, 0.717) is 25.1 Å². The third-order valence-electron chi connectivity index (χ3n) is 3.90. The van der Waals surface area contributed by atoms with Crippen molar-refractivity contribution in [1.29, 1.82) is 0 Å². The second-order valence-electron chi connectivity index (χ2n) is 5.42. The summed E-state index contributed by atoms with van der Waals surface area (Å²) in [4.78, 5) is 13.4. The Hall–Kier alpha value is -1.43. The van der Waals surface area contributed by atoms with Crippen LogP contribution < -0.4 is 5.73 Å². The minimum Gasteiger partial charge on any atom is -0.399 e. The molecular weight excluding hydrogens is 317 g/mol. The fourth-order valence-corrected chi connectivity index (χ4v) is 2.63. The summed E-state index contributed by atoms with van der Waals surface area (Å²) < 4.78 is 38.2. The fraction of sp³-hybridized carbons (Fsp3) is 0.533. The van der Waals surface area contributed by atoms with Crippen molar-refractivity contribution in [2.45, 2.75) is 31.9 Å². The summed E-state index contributed by atoms with van der Waals surface area (Å²) in [5, 5.41) is 0. The van der Waals surface area contributed by atoms with Gasteiger partial charge in [0.1, 0.15) is 0 Å². The van der Waals surface area contributed by atoms with Crippen molar-refractivity contribution < 1.29 is 18.0 Å². The van der Waals surface area contributed by atoms with E-state index in [1.807, 2.05) is 12.1 Å². The van der Waals surface area contributed by atoms with Crippen LogP contribution in [-0.2, 0) is 11.2 Å². The van der Waals surface area contributed by atoms with Gasteiger partial charge < -0.3 is 10.6 Å². The largest absolute Gasteiger partial charge is 0.399 e. The van der Waals surface area contributed by atoms with E-state index in [1.165, 1.54) is 4.90 Å². The SMILES string of the molecule is Cl.Nc1ccccc1CCC(=O)N1CCCC(C(F)(F)F)C1. The van der Waals surface area contributed by atoms with E-state index in [-0.39, 0.29) is 37.7 Å². The van der Waals surface area contributed by atoms with Crippen LogP contribution >= 0.6 is 12.4 Å². The average molecular weight is 337 g/mol. The molecule has 1 aromatic rings. The molecule has 0 spiro atoms. The molecule has 0 aromatic heterocycles. The van der Waals surface area contributed by atoms with E-state index >= 15 is 0 Å². The molecule has 0 radical (unpaired) electrons. The van der Waals surface area contributed by atoms with Crippen molar-refractivity contribution in [2.75, 3.05) is 18.8 Å². The van der Waals surface area contributed by atoms with Crippen LogP contribution in [-0.4, -0.2) is 30.1 Å². The second-order valence-corrected chi connectivity index (χ2v) is 5.42. The second kappa shape index (κ2) is 7.72. The zero-order valence-electron chi connectivity index (χ0n) is 12.1. The third kappa shape index (κ3) is 4.80. The summed E-state index contributed by atoms with van der Waals surface area (Å²) in [6.45, 7) is 0.197. The molecule has 22 heavy (non-hydrogen) atoms. The van der Waals surface area contributed by atoms with E-state index in [2.05, 4.69) is 0 Å². The van der Waals surface area contributed by atoms with Gasteiger partial charge in [-0.05, 0) is 30.9 Å². The van der Waals surface area contributed by atoms with Crippen molar-refractivity contribution in [3.8, 4) is 0 Å². The number of piperidine rings is 1. The fourth-order valence-electron chi connectivity index (χ4n) is 2.63. The maximum Gasteiger partial charge on any atom is 0.393 e. The number of nitrogens with zero attached hydrogens (tertiary/aromatic N) is 1. The number of halogens is 4. The normalized spacial score (nSPS) is 18.7. The lowest BCUT2D eigenvalue weighted by molar-refractivity contribution is -0.188. The zero-order chi connectivity index (χ0) is 15.5. The monoisotopic (exact) mass is 336 g/mol. The Morgan fingerprint density at radius 1 is 1.32 bits per heavy atom. The maximum absolute atomic E-state index is 12.7. The first kappa shape index (κ1) is 18.6. The number of nitrogen functional groups attached to an aromatic ring is 1. The molecule has 1 atom stereocenters. The first-order valence-corrected chi connectivity index (χ1v) is 7.06. The van der Waals surface area contributed by atoms with E-state index in [9.17, 15) is 18.0 Å². The number of alkyl halides is 3. The van der Waals surface area contributed by atoms with Gasteiger partial charge >= 0.3 is 6.18 Å². The molecule has 0 bridgehead atoms. The van der Waals surface area contributed by atoms with Gasteiger partial charge in [-0.25, -0.2) is 0 Å². The number of carbonyl (C=O) groups excluding carboxylic acids is 1. The predicted molar refractivity (Wildman–Crippen MR) is 81.8 cm³/mol. The summed E-state index contributed by atoms with van der Waals surface area (Å²) in [5.74, 6) is -1.62. The molecule has 1 aliphatic heterocycles. The number of carbonyl (C=O) groups is 1. The van der Waals surface area contributed by atoms with Crippen molar-refractivity contribution in [1.82, 2.24) is 4.90 Å². The van der Waals surface area contributed by atoms with Gasteiger partial charge in [-0.2, -0.15) is 13.2 Å². The first-order chi connectivity index (χ1) is 9.88. The van der Waals surface area contributed by atoms with Gasteiger partial charge in [0.2, 0.25) is 5.91 Å². The highest BCUT2D eigenvalue weighted by molar-refractivity contribution is 5.85. The molecule has 2 rings (SSSR count). The van der Waals surface area contributed by atoms with Crippen LogP contribution in [0.25, 0.3) is 0 Å². The van der Waals surface area contributed by atoms with E-state index < -0.39 is 12.1 Å². The van der Waals surface area contributed by atoms with Gasteiger partial charge in [-0.3, -0.25) is 4.79 Å². The van der Waals surface area contributed by atoms with Crippen LogP contribution in [0.3, 0.4) is 0 Å². The molecule has 0 saturated carbocycles. The molecule has 124 valence electrons. The molecule has 1 aliphatic rings. The number of likely N-dealkylation sites (tertiary alicyclic amines) is 1. The predicted octanol–water partition coefficient (Wildman–Crippen LogP) is 3.42. The molecule has 1 aromatic carbocycles. The minimum atomic E-state index is -4.22. The molecular formula is C15H20ClF3N2O. The van der Waals surface area contributed by atoms with Crippen molar-refractivity contribution >= 4 is 24.0 Å². The highest BCUT2D eigenvalue weighted by Crippen LogP contribution is 2.33. The molecule has 2 N–H and O–H groups in total. The van der Waals surface area contributed by atoms with Gasteiger partial charge in [0.25, 0.3) is 0 Å². The van der Waals surface area contributed by atoms with E-state index in [1.54, 1.807) is 12.1 Å². The van der Waals surface area contributed by atoms with Crippen LogP contribution in [0.2, 0.25) is 0 Å². The standard InChI is InChI=1S/C15H19F3N2O.ClH/c16-15(17,18)12-5-3-9-20(10-12)14(21)8-7-11-4-1-2-6-13(11)19;/h1-2,4,6,12H,3,5,7-10,19H2;1H. The lowest BCUT2D eigenvalue weighted by Gasteiger charge is -2.33. The molecule has 1 heterocycles. The van der Waals surface area contributed by atoms with Gasteiger partial charge in [0.05, 0.1) is 5.92 Å². The van der Waals surface area contributed by atoms with Crippen molar-refractivity contribution in [3.05, 3.63) is 29.8 Å². The lowest BCUT2D eigenvalue weighted by atomic mass is 9.97. The lowest BCUT2D eigenvalue weighted by Crippen LogP contribution is -2.44. The maximum atomic E-state index is 12.7. The quantitative estimate of drug-likeness (QED) is 0.860. The minimum absolute atomic E-state index is 0. The van der Waals surface area contributed by atoms with Gasteiger partial charge in [0.15, 0.2) is 0 Å². The number of hydrogen-bond acceptors (Lipinski definition) is 2. The zero-order valence-corrected chi connectivity index (χ0v) is 12.9. The first-order valence-electron chi connectivity index (χ1n) is 7.06. The summed E-state index contributed by atoms with van der Waals surface area (Å²) >= 11 is 0. The topological polar surface area (TPSA) is 46.3 Å². The molecule has 7 heteroatoms. The highest BCUT2D eigenvalue weighted by Gasteiger charge is 2.42. The Bertz CT molecular complexity index is 508. The Kier molecular flexibility index (Phi) is 6.53.